The van der Waals surface area contributed by atoms with E-state index in [2.05, 4.69) is 15.2 Å². The van der Waals surface area contributed by atoms with Gasteiger partial charge >= 0.3 is 11.7 Å². The molecule has 2 heterocycles. The molecule has 5 N–H and O–H groups in total. The molecule has 5 rings (SSSR count). The monoisotopic (exact) mass is 582 g/mol. The summed E-state index contributed by atoms with van der Waals surface area (Å²) in [6.07, 6.45) is 8.04. The van der Waals surface area contributed by atoms with Crippen LogP contribution in [0.4, 0.5) is 15.0 Å². The number of hydrogen-bond acceptors (Lipinski definition) is 7. The van der Waals surface area contributed by atoms with E-state index in [1.54, 1.807) is 35.8 Å². The molecule has 0 atom stereocenters. The number of halogens is 1. The number of hydrogen-bond donors (Lipinski definition) is 3. The van der Waals surface area contributed by atoms with Crippen LogP contribution < -0.4 is 22.5 Å². The van der Waals surface area contributed by atoms with Crippen molar-refractivity contribution in [3.05, 3.63) is 52.3 Å². The number of anilines is 1. The smallest absolute Gasteiger partial charge is 0.338 e. The van der Waals surface area contributed by atoms with Gasteiger partial charge in [0.15, 0.2) is 0 Å². The van der Waals surface area contributed by atoms with E-state index in [0.717, 1.165) is 32.2 Å². The van der Waals surface area contributed by atoms with Gasteiger partial charge in [-0.05, 0) is 76.5 Å². The molecule has 0 bridgehead atoms. The molecule has 1 aromatic heterocycles. The van der Waals surface area contributed by atoms with E-state index < -0.39 is 17.3 Å². The molecule has 3 aliphatic rings. The summed E-state index contributed by atoms with van der Waals surface area (Å²) in [5, 5.41) is 2.65. The summed E-state index contributed by atoms with van der Waals surface area (Å²) in [7, 11) is 0. The van der Waals surface area contributed by atoms with Gasteiger partial charge in [-0.15, -0.1) is 0 Å². The van der Waals surface area contributed by atoms with Crippen molar-refractivity contribution < 1.29 is 14.0 Å². The summed E-state index contributed by atoms with van der Waals surface area (Å²) >= 11 is 0. The zero-order valence-electron chi connectivity index (χ0n) is 24.6. The summed E-state index contributed by atoms with van der Waals surface area (Å²) in [6, 6.07) is 6.63. The number of urea groups is 1. The lowest BCUT2D eigenvalue weighted by molar-refractivity contribution is -0.137. The van der Waals surface area contributed by atoms with Gasteiger partial charge in [0, 0.05) is 63.1 Å². The van der Waals surface area contributed by atoms with Gasteiger partial charge < -0.3 is 21.3 Å². The fourth-order valence-electron chi connectivity index (χ4n) is 5.85. The lowest BCUT2D eigenvalue weighted by atomic mass is 9.90. The van der Waals surface area contributed by atoms with Crippen molar-refractivity contribution in [1.29, 1.82) is 0 Å². The highest BCUT2D eigenvalue weighted by Gasteiger charge is 2.32. The molecule has 3 amide bonds. The van der Waals surface area contributed by atoms with Gasteiger partial charge in [-0.2, -0.15) is 4.98 Å². The summed E-state index contributed by atoms with van der Waals surface area (Å²) in [6.45, 7) is 6.25. The number of amides is 3. The molecular weight excluding hydrogens is 539 g/mol. The fraction of sp³-hybridized carbons (Fsp3) is 0.600. The van der Waals surface area contributed by atoms with Gasteiger partial charge in [0.2, 0.25) is 5.91 Å². The average Bonchev–Trinajstić information content (AvgIpc) is 3.77. The predicted octanol–water partition coefficient (Wildman–Crippen LogP) is 2.27. The first-order chi connectivity index (χ1) is 20.0. The number of nitrogens with two attached hydrogens (primary N) is 2. The zero-order chi connectivity index (χ0) is 30.0. The minimum absolute atomic E-state index is 0.0999. The van der Waals surface area contributed by atoms with Crippen LogP contribution in [0.1, 0.15) is 57.9 Å². The van der Waals surface area contributed by atoms with Gasteiger partial charge in [0.05, 0.1) is 11.2 Å². The van der Waals surface area contributed by atoms with E-state index in [9.17, 15) is 14.4 Å². The maximum atomic E-state index is 15.3. The van der Waals surface area contributed by atoms with Crippen LogP contribution in [0.3, 0.4) is 0 Å². The summed E-state index contributed by atoms with van der Waals surface area (Å²) in [5.74, 6) is 0.273. The van der Waals surface area contributed by atoms with E-state index in [1.807, 2.05) is 0 Å². The second-order valence-electron chi connectivity index (χ2n) is 12.6. The molecule has 0 unspecified atom stereocenters. The van der Waals surface area contributed by atoms with Gasteiger partial charge in [-0.1, -0.05) is 6.07 Å². The van der Waals surface area contributed by atoms with Crippen molar-refractivity contribution in [1.82, 2.24) is 24.3 Å². The van der Waals surface area contributed by atoms with Crippen LogP contribution in [0, 0.1) is 11.7 Å². The number of carbonyl (C=O) groups excluding carboxylic acids is 2. The highest BCUT2D eigenvalue weighted by Crippen LogP contribution is 2.33. The molecule has 11 nitrogen and oxygen atoms in total. The standard InChI is InChI=1S/C30H43FN8O3/c1-30(2,33)27(40)36-13-15-37(16-14-36)28(41)34-26-11-12-39(29(42)35-26)24-8-5-21(25(31)17-24)19-38(18-20-3-4-20)23-9-6-22(32)7-10-23/h5,8,11-12,17,20,22-23H,3-4,6-7,9-10,13-16,18-19,32-33H2,1-2H3,(H,34,35,41,42). The molecule has 3 fully saturated rings. The largest absolute Gasteiger partial charge is 0.354 e. The number of nitrogens with zero attached hydrogens (tertiary/aromatic N) is 5. The van der Waals surface area contributed by atoms with E-state index in [1.165, 1.54) is 35.7 Å². The Bertz CT molecular complexity index is 1340. The summed E-state index contributed by atoms with van der Waals surface area (Å²) in [4.78, 5) is 47.6. The Hall–Kier alpha value is -3.35. The van der Waals surface area contributed by atoms with Crippen molar-refractivity contribution in [3.63, 3.8) is 0 Å². The Morgan fingerprint density at radius 3 is 2.31 bits per heavy atom. The van der Waals surface area contributed by atoms with Crippen LogP contribution >= 0.6 is 0 Å². The van der Waals surface area contributed by atoms with Crippen molar-refractivity contribution in [2.24, 2.45) is 17.4 Å². The van der Waals surface area contributed by atoms with Crippen molar-refractivity contribution >= 4 is 17.8 Å². The van der Waals surface area contributed by atoms with Gasteiger partial charge in [0.1, 0.15) is 11.6 Å². The Morgan fingerprint density at radius 1 is 1.05 bits per heavy atom. The van der Waals surface area contributed by atoms with Crippen LogP contribution in [0.2, 0.25) is 0 Å². The molecule has 0 radical (unpaired) electrons. The van der Waals surface area contributed by atoms with E-state index in [0.29, 0.717) is 55.9 Å². The van der Waals surface area contributed by atoms with E-state index >= 15 is 4.39 Å². The van der Waals surface area contributed by atoms with Crippen LogP contribution in [0.5, 0.6) is 0 Å². The number of piperazine rings is 1. The third-order valence-electron chi connectivity index (χ3n) is 8.58. The first-order valence-electron chi connectivity index (χ1n) is 15.0. The Morgan fingerprint density at radius 2 is 1.71 bits per heavy atom. The third-order valence-corrected chi connectivity index (χ3v) is 8.58. The molecular formula is C30H43FN8O3. The molecule has 228 valence electrons. The molecule has 1 aliphatic heterocycles. The van der Waals surface area contributed by atoms with Crippen LogP contribution in [0.25, 0.3) is 5.69 Å². The Labute approximate surface area is 246 Å². The van der Waals surface area contributed by atoms with Crippen molar-refractivity contribution in [3.8, 4) is 5.69 Å². The fourth-order valence-corrected chi connectivity index (χ4v) is 5.85. The van der Waals surface area contributed by atoms with Gasteiger partial charge in [-0.25, -0.2) is 14.0 Å². The lowest BCUT2D eigenvalue weighted by Crippen LogP contribution is -2.58. The number of carbonyl (C=O) groups is 2. The molecule has 0 spiro atoms. The number of aromatic nitrogens is 2. The molecule has 12 heteroatoms. The second-order valence-corrected chi connectivity index (χ2v) is 12.6. The quantitative estimate of drug-likeness (QED) is 0.433. The molecule has 42 heavy (non-hydrogen) atoms. The molecule has 1 saturated heterocycles. The number of rotatable bonds is 8. The maximum Gasteiger partial charge on any atom is 0.354 e. The first kappa shape index (κ1) is 30.1. The maximum absolute atomic E-state index is 15.3. The predicted molar refractivity (Wildman–Crippen MR) is 159 cm³/mol. The molecule has 2 aliphatic carbocycles. The zero-order valence-corrected chi connectivity index (χ0v) is 24.6. The van der Waals surface area contributed by atoms with Gasteiger partial charge in [0.25, 0.3) is 0 Å². The highest BCUT2D eigenvalue weighted by atomic mass is 19.1. The topological polar surface area (TPSA) is 143 Å². The molecule has 2 saturated carbocycles. The van der Waals surface area contributed by atoms with Crippen LogP contribution in [-0.2, 0) is 11.3 Å². The van der Waals surface area contributed by atoms with Crippen LogP contribution in [-0.4, -0.2) is 86.5 Å². The Kier molecular flexibility index (Phi) is 8.95. The van der Waals surface area contributed by atoms with Crippen molar-refractivity contribution in [2.45, 2.75) is 76.5 Å². The van der Waals surface area contributed by atoms with Gasteiger partial charge in [-0.3, -0.25) is 19.6 Å². The number of nitrogens with one attached hydrogen (secondary N) is 1. The average molecular weight is 583 g/mol. The van der Waals surface area contributed by atoms with Crippen LogP contribution in [0.15, 0.2) is 35.3 Å². The van der Waals surface area contributed by atoms with E-state index in [-0.39, 0.29) is 23.6 Å². The highest BCUT2D eigenvalue weighted by molar-refractivity contribution is 5.89. The molecule has 1 aromatic carbocycles. The lowest BCUT2D eigenvalue weighted by Gasteiger charge is -2.37. The third kappa shape index (κ3) is 7.34. The first-order valence-corrected chi connectivity index (χ1v) is 15.0. The summed E-state index contributed by atoms with van der Waals surface area (Å²) < 4.78 is 16.6. The number of benzene rings is 1. The summed E-state index contributed by atoms with van der Waals surface area (Å²) in [5.41, 5.74) is 11.4. The molecule has 2 aromatic rings. The Balaban J connectivity index is 1.20. The SMILES string of the molecule is CC(C)(N)C(=O)N1CCN(C(=O)Nc2ccn(-c3ccc(CN(CC4CC4)C4CCC(N)CC4)c(F)c3)c(=O)n2)CC1. The van der Waals surface area contributed by atoms with Crippen molar-refractivity contribution in [2.75, 3.05) is 38.0 Å². The normalized spacial score (nSPS) is 21.5. The minimum Gasteiger partial charge on any atom is -0.338 e. The minimum atomic E-state index is -0.970. The van der Waals surface area contributed by atoms with E-state index in [4.69, 9.17) is 11.5 Å². The second kappa shape index (κ2) is 12.5.